The van der Waals surface area contributed by atoms with Gasteiger partial charge in [-0.2, -0.15) is 0 Å². The van der Waals surface area contributed by atoms with Crippen molar-refractivity contribution in [1.29, 1.82) is 0 Å². The van der Waals surface area contributed by atoms with Crippen LogP contribution < -0.4 is 0 Å². The van der Waals surface area contributed by atoms with E-state index < -0.39 is 42.8 Å². The van der Waals surface area contributed by atoms with Crippen LogP contribution in [0.1, 0.15) is 0 Å². The fourth-order valence-corrected chi connectivity index (χ4v) is 1.55. The van der Waals surface area contributed by atoms with Gasteiger partial charge in [-0.25, -0.2) is 0 Å². The Kier molecular flexibility index (Phi) is 3.84. The number of hydrogen-bond acceptors (Lipinski definition) is 9. The molecule has 0 spiro atoms. The molecule has 0 aromatic heterocycles. The molecule has 9 nitrogen and oxygen atoms in total. The second-order valence-corrected chi connectivity index (χ2v) is 3.56. The fourth-order valence-electron chi connectivity index (χ4n) is 1.55. The summed E-state index contributed by atoms with van der Waals surface area (Å²) in [6.07, 6.45) is -10.4. The predicted octanol–water partition coefficient (Wildman–Crippen LogP) is -5.22. The first kappa shape index (κ1) is 13.7. The van der Waals surface area contributed by atoms with Crippen molar-refractivity contribution in [1.82, 2.24) is 0 Å². The van der Waals surface area contributed by atoms with Crippen LogP contribution in [0.3, 0.4) is 0 Å². The van der Waals surface area contributed by atoms with Crippen LogP contribution in [0, 0.1) is 0 Å². The van der Waals surface area contributed by atoms with Crippen LogP contribution in [0.5, 0.6) is 0 Å². The molecule has 0 saturated heterocycles. The number of aliphatic hydroxyl groups excluding tert-OH is 6. The molecule has 8 N–H and O–H groups in total. The summed E-state index contributed by atoms with van der Waals surface area (Å²) in [4.78, 5) is 0. The second-order valence-electron chi connectivity index (χ2n) is 3.56. The SMILES string of the molecule is OC(O)O[C@]1(O)[C@H](O)[C@H](O)[C@@H](O)[C@H](O)[C@H]1O. The number of aliphatic hydroxyl groups is 8. The quantitative estimate of drug-likeness (QED) is 0.220. The van der Waals surface area contributed by atoms with Crippen molar-refractivity contribution in [3.8, 4) is 0 Å². The van der Waals surface area contributed by atoms with Crippen molar-refractivity contribution >= 4 is 0 Å². The van der Waals surface area contributed by atoms with Gasteiger partial charge in [0.2, 0.25) is 5.79 Å². The smallest absolute Gasteiger partial charge is 0.269 e. The third-order valence-electron chi connectivity index (χ3n) is 2.49. The Morgan fingerprint density at radius 2 is 1.19 bits per heavy atom. The van der Waals surface area contributed by atoms with Crippen molar-refractivity contribution in [2.24, 2.45) is 0 Å². The van der Waals surface area contributed by atoms with Gasteiger partial charge in [0.1, 0.15) is 30.5 Å². The van der Waals surface area contributed by atoms with Crippen molar-refractivity contribution in [2.75, 3.05) is 0 Å². The molecule has 0 heterocycles. The molecular weight excluding hydrogens is 228 g/mol. The largest absolute Gasteiger partial charge is 0.387 e. The van der Waals surface area contributed by atoms with Gasteiger partial charge in [0.25, 0.3) is 6.48 Å². The Balaban J connectivity index is 2.98. The second kappa shape index (κ2) is 4.49. The lowest BCUT2D eigenvalue weighted by Gasteiger charge is -2.46. The molecule has 0 unspecified atom stereocenters. The molecule has 1 aliphatic rings. The maximum Gasteiger partial charge on any atom is 0.269 e. The molecule has 1 aliphatic carbocycles. The van der Waals surface area contributed by atoms with Gasteiger partial charge in [-0.15, -0.1) is 0 Å². The summed E-state index contributed by atoms with van der Waals surface area (Å²) in [7, 11) is 0. The first-order chi connectivity index (χ1) is 7.21. The van der Waals surface area contributed by atoms with Gasteiger partial charge in [-0.1, -0.05) is 0 Å². The molecule has 1 fully saturated rings. The standard InChI is InChI=1S/C7H14O9/c8-1-2(9)4(11)7(15,16-6(13)14)5(12)3(1)10/h1-6,8-15H/t1-,2-,3+,4-,5-,7-/m1/s1. The lowest BCUT2D eigenvalue weighted by Crippen LogP contribution is -2.72. The van der Waals surface area contributed by atoms with Crippen molar-refractivity contribution in [3.63, 3.8) is 0 Å². The highest BCUT2D eigenvalue weighted by atomic mass is 16.8. The van der Waals surface area contributed by atoms with Crippen LogP contribution in [0.4, 0.5) is 0 Å². The van der Waals surface area contributed by atoms with Crippen molar-refractivity contribution < 1.29 is 45.6 Å². The summed E-state index contributed by atoms with van der Waals surface area (Å²) in [5, 5.41) is 72.7. The number of rotatable bonds is 2. The fraction of sp³-hybridized carbons (Fsp3) is 1.00. The van der Waals surface area contributed by atoms with E-state index in [9.17, 15) is 25.5 Å². The summed E-state index contributed by atoms with van der Waals surface area (Å²) in [5.41, 5.74) is 0. The van der Waals surface area contributed by atoms with Gasteiger partial charge >= 0.3 is 0 Å². The van der Waals surface area contributed by atoms with Crippen LogP contribution in [0.25, 0.3) is 0 Å². The number of hydrogen-bond donors (Lipinski definition) is 8. The van der Waals surface area contributed by atoms with Crippen molar-refractivity contribution in [3.05, 3.63) is 0 Å². The van der Waals surface area contributed by atoms with Crippen LogP contribution >= 0.6 is 0 Å². The van der Waals surface area contributed by atoms with Crippen LogP contribution in [0.2, 0.25) is 0 Å². The van der Waals surface area contributed by atoms with E-state index in [0.717, 1.165) is 0 Å². The first-order valence-corrected chi connectivity index (χ1v) is 4.38. The maximum atomic E-state index is 9.56. The first-order valence-electron chi connectivity index (χ1n) is 4.38. The Bertz CT molecular complexity index is 228. The average Bonchev–Trinajstić information content (AvgIpc) is 2.21. The summed E-state index contributed by atoms with van der Waals surface area (Å²) >= 11 is 0. The average molecular weight is 242 g/mol. The third-order valence-corrected chi connectivity index (χ3v) is 2.49. The molecule has 0 aromatic carbocycles. The van der Waals surface area contributed by atoms with Gasteiger partial charge in [0.15, 0.2) is 0 Å². The lowest BCUT2D eigenvalue weighted by molar-refractivity contribution is -0.420. The zero-order valence-corrected chi connectivity index (χ0v) is 7.95. The summed E-state index contributed by atoms with van der Waals surface area (Å²) in [6, 6.07) is 0. The van der Waals surface area contributed by atoms with E-state index in [4.69, 9.17) is 15.3 Å². The lowest BCUT2D eigenvalue weighted by atomic mass is 9.82. The molecule has 0 aromatic rings. The van der Waals surface area contributed by atoms with Gasteiger partial charge in [0, 0.05) is 0 Å². The molecule has 16 heavy (non-hydrogen) atoms. The zero-order valence-electron chi connectivity index (χ0n) is 7.95. The molecule has 1 saturated carbocycles. The molecule has 0 bridgehead atoms. The topological polar surface area (TPSA) is 171 Å². The Morgan fingerprint density at radius 3 is 1.50 bits per heavy atom. The van der Waals surface area contributed by atoms with E-state index in [1.807, 2.05) is 0 Å². The molecule has 0 radical (unpaired) electrons. The molecule has 0 amide bonds. The van der Waals surface area contributed by atoms with Crippen molar-refractivity contribution in [2.45, 2.75) is 42.8 Å². The summed E-state index contributed by atoms with van der Waals surface area (Å²) in [5.74, 6) is -3.01. The highest BCUT2D eigenvalue weighted by molar-refractivity contribution is 5.03. The Morgan fingerprint density at radius 1 is 0.812 bits per heavy atom. The van der Waals surface area contributed by atoms with Crippen LogP contribution in [-0.2, 0) is 4.74 Å². The third kappa shape index (κ3) is 2.05. The van der Waals surface area contributed by atoms with Gasteiger partial charge in [-0.05, 0) is 0 Å². The van der Waals surface area contributed by atoms with E-state index in [1.54, 1.807) is 0 Å². The minimum Gasteiger partial charge on any atom is -0.387 e. The molecule has 9 heteroatoms. The van der Waals surface area contributed by atoms with Crippen LogP contribution in [0.15, 0.2) is 0 Å². The normalized spacial score (nSPS) is 49.7. The molecule has 1 rings (SSSR count). The van der Waals surface area contributed by atoms with Gasteiger partial charge in [-0.3, -0.25) is 4.74 Å². The molecule has 96 valence electrons. The van der Waals surface area contributed by atoms with E-state index in [1.165, 1.54) is 0 Å². The zero-order chi connectivity index (χ0) is 12.7. The monoisotopic (exact) mass is 242 g/mol. The predicted molar refractivity (Wildman–Crippen MR) is 44.3 cm³/mol. The van der Waals surface area contributed by atoms with E-state index in [-0.39, 0.29) is 0 Å². The number of ether oxygens (including phenoxy) is 1. The van der Waals surface area contributed by atoms with Crippen LogP contribution in [-0.4, -0.2) is 83.6 Å². The molecule has 6 atom stereocenters. The highest BCUT2D eigenvalue weighted by Gasteiger charge is 2.59. The Hall–Kier alpha value is -0.360. The minimum absolute atomic E-state index is 1.91. The molecule has 0 aliphatic heterocycles. The van der Waals surface area contributed by atoms with Gasteiger partial charge in [0.05, 0.1) is 0 Å². The highest BCUT2D eigenvalue weighted by Crippen LogP contribution is 2.31. The summed E-state index contributed by atoms with van der Waals surface area (Å²) in [6.45, 7) is -2.55. The van der Waals surface area contributed by atoms with E-state index >= 15 is 0 Å². The van der Waals surface area contributed by atoms with E-state index in [2.05, 4.69) is 4.74 Å². The Labute approximate surface area is 89.4 Å². The van der Waals surface area contributed by atoms with E-state index in [0.29, 0.717) is 0 Å². The van der Waals surface area contributed by atoms with Gasteiger partial charge < -0.3 is 40.9 Å². The minimum atomic E-state index is -3.01. The maximum absolute atomic E-state index is 9.56. The molecular formula is C7H14O9. The summed E-state index contributed by atoms with van der Waals surface area (Å²) < 4.78 is 4.03.